The first-order valence-electron chi connectivity index (χ1n) is 2.20. The molecule has 2 heteroatoms. The third-order valence-electron chi connectivity index (χ3n) is 0.814. The van der Waals surface area contributed by atoms with E-state index in [1.54, 1.807) is 6.20 Å². The van der Waals surface area contributed by atoms with Crippen LogP contribution in [0.25, 0.3) is 0 Å². The maximum Gasteiger partial charge on any atom is 0.0806 e. The van der Waals surface area contributed by atoms with E-state index in [9.17, 15) is 0 Å². The quantitative estimate of drug-likeness (QED) is 0.422. The molecule has 0 unspecified atom stereocenters. The van der Waals surface area contributed by atoms with Crippen molar-refractivity contribution in [2.75, 3.05) is 13.6 Å². The van der Waals surface area contributed by atoms with Crippen LogP contribution in [0.4, 0.5) is 0 Å². The summed E-state index contributed by atoms with van der Waals surface area (Å²) in [6.45, 7) is 0.885. The van der Waals surface area contributed by atoms with Crippen LogP contribution in [0.2, 0.25) is 0 Å². The van der Waals surface area contributed by atoms with Crippen molar-refractivity contribution >= 4 is 6.21 Å². The average Bonchev–Trinajstić information content (AvgIpc) is 1.69. The highest BCUT2D eigenvalue weighted by Gasteiger charge is 1.88. The zero-order valence-electron chi connectivity index (χ0n) is 4.26. The second-order valence-electron chi connectivity index (χ2n) is 1.47. The summed E-state index contributed by atoms with van der Waals surface area (Å²) >= 11 is 0. The summed E-state index contributed by atoms with van der Waals surface area (Å²) in [4.78, 5) is 5.76. The maximum atomic E-state index is 3.82. The van der Waals surface area contributed by atoms with Crippen molar-refractivity contribution < 1.29 is 0 Å². The van der Waals surface area contributed by atoms with Crippen LogP contribution in [0, 0.1) is 6.20 Å². The Morgan fingerprint density at radius 2 is 2.71 bits per heavy atom. The molecule has 0 bridgehead atoms. The lowest BCUT2D eigenvalue weighted by Gasteiger charge is -2.09. The Kier molecular flexibility index (Phi) is 1.11. The van der Waals surface area contributed by atoms with Gasteiger partial charge < -0.3 is 4.90 Å². The van der Waals surface area contributed by atoms with Gasteiger partial charge in [0.15, 0.2) is 0 Å². The van der Waals surface area contributed by atoms with Crippen molar-refractivity contribution in [3.63, 3.8) is 0 Å². The largest absolute Gasteiger partial charge is 0.366 e. The topological polar surface area (TPSA) is 15.6 Å². The molecule has 1 radical (unpaired) electrons. The minimum absolute atomic E-state index is 0.885. The molecule has 0 N–H and O–H groups in total. The lowest BCUT2D eigenvalue weighted by molar-refractivity contribution is 0.498. The molecule has 0 spiro atoms. The lowest BCUT2D eigenvalue weighted by atomic mass is 10.6. The number of aliphatic imine (C=N–C) groups is 1. The van der Waals surface area contributed by atoms with Crippen LogP contribution >= 0.6 is 0 Å². The van der Waals surface area contributed by atoms with Gasteiger partial charge in [0.25, 0.3) is 0 Å². The van der Waals surface area contributed by atoms with Crippen molar-refractivity contribution in [3.05, 3.63) is 12.4 Å². The van der Waals surface area contributed by atoms with Crippen LogP contribution in [0.15, 0.2) is 11.2 Å². The summed E-state index contributed by atoms with van der Waals surface area (Å²) in [6, 6.07) is 0. The first-order valence-corrected chi connectivity index (χ1v) is 2.20. The summed E-state index contributed by atoms with van der Waals surface area (Å²) in [7, 11) is 1.96. The lowest BCUT2D eigenvalue weighted by Crippen LogP contribution is -2.15. The summed E-state index contributed by atoms with van der Waals surface area (Å²) < 4.78 is 0. The molecular weight excluding hydrogens is 88.1 g/mol. The maximum absolute atomic E-state index is 3.82. The molecular formula is C5H7N2. The van der Waals surface area contributed by atoms with Gasteiger partial charge in [0.1, 0.15) is 0 Å². The van der Waals surface area contributed by atoms with Crippen molar-refractivity contribution in [1.82, 2.24) is 4.90 Å². The number of nitrogens with zero attached hydrogens (tertiary/aromatic N) is 2. The van der Waals surface area contributed by atoms with Gasteiger partial charge in [0.2, 0.25) is 0 Å². The van der Waals surface area contributed by atoms with E-state index < -0.39 is 0 Å². The van der Waals surface area contributed by atoms with Crippen molar-refractivity contribution in [1.29, 1.82) is 0 Å². The molecule has 0 saturated heterocycles. The highest BCUT2D eigenvalue weighted by atomic mass is 15.1. The summed E-state index contributed by atoms with van der Waals surface area (Å²) in [5.41, 5.74) is 0. The molecule has 2 nitrogen and oxygen atoms in total. The Hall–Kier alpha value is -0.790. The van der Waals surface area contributed by atoms with Crippen LogP contribution in [0.5, 0.6) is 0 Å². The van der Waals surface area contributed by atoms with E-state index in [0.29, 0.717) is 0 Å². The van der Waals surface area contributed by atoms with Gasteiger partial charge in [0, 0.05) is 13.3 Å². The van der Waals surface area contributed by atoms with Gasteiger partial charge in [-0.15, -0.1) is 0 Å². The van der Waals surface area contributed by atoms with Crippen molar-refractivity contribution in [3.8, 4) is 0 Å². The van der Waals surface area contributed by atoms with E-state index in [2.05, 4.69) is 11.2 Å². The Bertz CT molecular complexity index is 105. The Balaban J connectivity index is 2.49. The van der Waals surface area contributed by atoms with Gasteiger partial charge in [-0.25, -0.2) is 0 Å². The number of rotatable bonds is 0. The summed E-state index contributed by atoms with van der Waals surface area (Å²) in [5.74, 6) is 0. The van der Waals surface area contributed by atoms with Crippen LogP contribution in [-0.2, 0) is 0 Å². The third kappa shape index (κ3) is 1.03. The van der Waals surface area contributed by atoms with E-state index in [1.165, 1.54) is 0 Å². The molecule has 0 aromatic carbocycles. The Morgan fingerprint density at radius 1 is 1.86 bits per heavy atom. The fourth-order valence-corrected chi connectivity index (χ4v) is 0.407. The minimum atomic E-state index is 0.885. The standard InChI is InChI=1S/C5H7N2/c1-7-4-2-6-3-5-7/h2-3H,4H2,1H3. The second kappa shape index (κ2) is 1.78. The van der Waals surface area contributed by atoms with Crippen LogP contribution in [0.3, 0.4) is 0 Å². The molecule has 0 aliphatic carbocycles. The normalized spacial score (nSPS) is 18.1. The summed E-state index contributed by atoms with van der Waals surface area (Å²) in [6.07, 6.45) is 6.39. The molecule has 1 heterocycles. The van der Waals surface area contributed by atoms with Gasteiger partial charge in [-0.2, -0.15) is 0 Å². The summed E-state index contributed by atoms with van der Waals surface area (Å²) in [5, 5.41) is 0. The van der Waals surface area contributed by atoms with Gasteiger partial charge in [-0.3, -0.25) is 4.99 Å². The highest BCUT2D eigenvalue weighted by Crippen LogP contribution is 1.85. The predicted molar refractivity (Wildman–Crippen MR) is 28.9 cm³/mol. The molecule has 1 aliphatic rings. The molecule has 0 saturated carbocycles. The first-order chi connectivity index (χ1) is 3.39. The monoisotopic (exact) mass is 95.1 g/mol. The van der Waals surface area contributed by atoms with Gasteiger partial charge >= 0.3 is 0 Å². The molecule has 37 valence electrons. The van der Waals surface area contributed by atoms with Crippen molar-refractivity contribution in [2.45, 2.75) is 0 Å². The van der Waals surface area contributed by atoms with E-state index >= 15 is 0 Å². The van der Waals surface area contributed by atoms with Gasteiger partial charge in [-0.05, 0) is 0 Å². The number of hydrogen-bond acceptors (Lipinski definition) is 2. The molecule has 0 aromatic rings. The predicted octanol–water partition coefficient (Wildman–Crippen LogP) is 0.277. The number of hydrogen-bond donors (Lipinski definition) is 0. The molecule has 0 aromatic heterocycles. The molecule has 0 amide bonds. The molecule has 0 fully saturated rings. The van der Waals surface area contributed by atoms with E-state index in [4.69, 9.17) is 0 Å². The smallest absolute Gasteiger partial charge is 0.0806 e. The molecule has 7 heavy (non-hydrogen) atoms. The zero-order valence-corrected chi connectivity index (χ0v) is 4.26. The van der Waals surface area contributed by atoms with Crippen LogP contribution in [-0.4, -0.2) is 24.7 Å². The first kappa shape index (κ1) is 4.37. The fraction of sp³-hybridized carbons (Fsp3) is 0.400. The SMILES string of the molecule is CN1[C]=CN=CC1. The van der Waals surface area contributed by atoms with Crippen molar-refractivity contribution in [2.24, 2.45) is 4.99 Å². The van der Waals surface area contributed by atoms with E-state index in [1.807, 2.05) is 18.2 Å². The van der Waals surface area contributed by atoms with E-state index in [0.717, 1.165) is 6.54 Å². The average molecular weight is 95.1 g/mol. The minimum Gasteiger partial charge on any atom is -0.366 e. The van der Waals surface area contributed by atoms with Gasteiger partial charge in [-0.1, -0.05) is 0 Å². The van der Waals surface area contributed by atoms with Crippen LogP contribution in [0.1, 0.15) is 0 Å². The third-order valence-corrected chi connectivity index (χ3v) is 0.814. The highest BCUT2D eigenvalue weighted by molar-refractivity contribution is 5.61. The Morgan fingerprint density at radius 3 is 3.00 bits per heavy atom. The van der Waals surface area contributed by atoms with E-state index in [-0.39, 0.29) is 0 Å². The molecule has 1 rings (SSSR count). The second-order valence-corrected chi connectivity index (χ2v) is 1.47. The fourth-order valence-electron chi connectivity index (χ4n) is 0.407. The molecule has 1 aliphatic heterocycles. The Labute approximate surface area is 43.2 Å². The molecule has 0 atom stereocenters. The van der Waals surface area contributed by atoms with Crippen LogP contribution < -0.4 is 0 Å². The zero-order chi connectivity index (χ0) is 5.11. The van der Waals surface area contributed by atoms with Gasteiger partial charge in [0.05, 0.1) is 18.9 Å².